The molecule has 1 aliphatic rings. The van der Waals surface area contributed by atoms with E-state index < -0.39 is 5.97 Å². The summed E-state index contributed by atoms with van der Waals surface area (Å²) >= 11 is 1.27. The first-order valence-electron chi connectivity index (χ1n) is 6.55. The van der Waals surface area contributed by atoms with E-state index in [2.05, 4.69) is 17.1 Å². The summed E-state index contributed by atoms with van der Waals surface area (Å²) < 4.78 is 5.69. The Morgan fingerprint density at radius 2 is 2.53 bits per heavy atom. The summed E-state index contributed by atoms with van der Waals surface area (Å²) in [5.74, 6) is -0.849. The molecule has 2 heterocycles. The average molecular weight is 284 g/mol. The van der Waals surface area contributed by atoms with Crippen molar-refractivity contribution in [3.8, 4) is 0 Å². The van der Waals surface area contributed by atoms with Crippen molar-refractivity contribution in [2.24, 2.45) is 0 Å². The summed E-state index contributed by atoms with van der Waals surface area (Å²) in [5.41, 5.74) is 0.848. The highest BCUT2D eigenvalue weighted by atomic mass is 32.1. The fourth-order valence-corrected chi connectivity index (χ4v) is 2.98. The monoisotopic (exact) mass is 284 g/mol. The van der Waals surface area contributed by atoms with Gasteiger partial charge in [0.25, 0.3) is 0 Å². The Kier molecular flexibility index (Phi) is 5.33. The molecule has 0 saturated carbocycles. The first kappa shape index (κ1) is 14.5. The number of morpholine rings is 1. The molecule has 1 atom stereocenters. The van der Waals surface area contributed by atoms with Gasteiger partial charge in [0.2, 0.25) is 0 Å². The predicted molar refractivity (Wildman–Crippen MR) is 74.8 cm³/mol. The Hall–Kier alpha value is -0.950. The van der Waals surface area contributed by atoms with Crippen LogP contribution in [0.25, 0.3) is 0 Å². The quantitative estimate of drug-likeness (QED) is 0.823. The van der Waals surface area contributed by atoms with Gasteiger partial charge in [-0.2, -0.15) is 0 Å². The highest BCUT2D eigenvalue weighted by Crippen LogP contribution is 2.16. The molecule has 1 aliphatic heterocycles. The standard InChI is InChI=1S/C13H20N2O3S/c1-2-15-4-5-18-11(9-15)8-14-7-10-3-6-19-12(10)13(16)17/h3,6,11,14H,2,4-5,7-9H2,1H3,(H,16,17). The van der Waals surface area contributed by atoms with Gasteiger partial charge in [0, 0.05) is 26.2 Å². The van der Waals surface area contributed by atoms with E-state index in [0.29, 0.717) is 11.4 Å². The molecule has 1 saturated heterocycles. The Bertz CT molecular complexity index is 422. The molecule has 0 radical (unpaired) electrons. The van der Waals surface area contributed by atoms with Crippen molar-refractivity contribution in [1.82, 2.24) is 10.2 Å². The maximum absolute atomic E-state index is 11.0. The zero-order valence-corrected chi connectivity index (χ0v) is 11.9. The number of carbonyl (C=O) groups is 1. The van der Waals surface area contributed by atoms with Crippen molar-refractivity contribution in [3.63, 3.8) is 0 Å². The van der Waals surface area contributed by atoms with Crippen molar-refractivity contribution in [1.29, 1.82) is 0 Å². The number of hydrogen-bond donors (Lipinski definition) is 2. The van der Waals surface area contributed by atoms with Crippen LogP contribution in [0.1, 0.15) is 22.2 Å². The zero-order valence-electron chi connectivity index (χ0n) is 11.1. The van der Waals surface area contributed by atoms with Gasteiger partial charge in [-0.15, -0.1) is 11.3 Å². The fourth-order valence-electron chi connectivity index (χ4n) is 2.22. The lowest BCUT2D eigenvalue weighted by atomic mass is 10.2. The third-order valence-electron chi connectivity index (χ3n) is 3.30. The van der Waals surface area contributed by atoms with E-state index >= 15 is 0 Å². The van der Waals surface area contributed by atoms with Crippen LogP contribution in [0.3, 0.4) is 0 Å². The molecule has 5 nitrogen and oxygen atoms in total. The minimum atomic E-state index is -0.849. The lowest BCUT2D eigenvalue weighted by molar-refractivity contribution is -0.0253. The minimum Gasteiger partial charge on any atom is -0.477 e. The highest BCUT2D eigenvalue weighted by Gasteiger charge is 2.19. The second-order valence-electron chi connectivity index (χ2n) is 4.60. The van der Waals surface area contributed by atoms with Crippen molar-refractivity contribution in [3.05, 3.63) is 21.9 Å². The van der Waals surface area contributed by atoms with Gasteiger partial charge in [0.05, 0.1) is 12.7 Å². The lowest BCUT2D eigenvalue weighted by Gasteiger charge is -2.32. The van der Waals surface area contributed by atoms with Gasteiger partial charge in [0.15, 0.2) is 0 Å². The molecule has 0 spiro atoms. The maximum atomic E-state index is 11.0. The van der Waals surface area contributed by atoms with E-state index in [9.17, 15) is 4.79 Å². The molecule has 106 valence electrons. The normalized spacial score (nSPS) is 20.6. The van der Waals surface area contributed by atoms with Crippen LogP contribution in [-0.2, 0) is 11.3 Å². The largest absolute Gasteiger partial charge is 0.477 e. The summed E-state index contributed by atoms with van der Waals surface area (Å²) in [6.45, 7) is 7.26. The maximum Gasteiger partial charge on any atom is 0.346 e. The number of ether oxygens (including phenoxy) is 1. The van der Waals surface area contributed by atoms with Crippen LogP contribution in [0, 0.1) is 0 Å². The molecular formula is C13H20N2O3S. The summed E-state index contributed by atoms with van der Waals surface area (Å²) in [4.78, 5) is 13.8. The first-order chi connectivity index (χ1) is 9.20. The topological polar surface area (TPSA) is 61.8 Å². The Morgan fingerprint density at radius 1 is 1.68 bits per heavy atom. The number of aromatic carboxylic acids is 1. The molecule has 1 aromatic rings. The van der Waals surface area contributed by atoms with E-state index in [-0.39, 0.29) is 6.10 Å². The number of nitrogens with zero attached hydrogens (tertiary/aromatic N) is 1. The number of hydrogen-bond acceptors (Lipinski definition) is 5. The molecule has 6 heteroatoms. The van der Waals surface area contributed by atoms with E-state index in [1.165, 1.54) is 11.3 Å². The molecule has 19 heavy (non-hydrogen) atoms. The number of carboxylic acids is 1. The van der Waals surface area contributed by atoms with Gasteiger partial charge in [-0.05, 0) is 23.6 Å². The van der Waals surface area contributed by atoms with Crippen LogP contribution in [0.2, 0.25) is 0 Å². The number of thiophene rings is 1. The van der Waals surface area contributed by atoms with Crippen molar-refractivity contribution in [2.75, 3.05) is 32.8 Å². The van der Waals surface area contributed by atoms with E-state index in [0.717, 1.165) is 38.3 Å². The molecule has 1 aromatic heterocycles. The van der Waals surface area contributed by atoms with E-state index in [1.54, 1.807) is 0 Å². The molecule has 1 fully saturated rings. The molecule has 2 N–H and O–H groups in total. The summed E-state index contributed by atoms with van der Waals surface area (Å²) in [5, 5.41) is 14.1. The van der Waals surface area contributed by atoms with Crippen molar-refractivity contribution in [2.45, 2.75) is 19.6 Å². The van der Waals surface area contributed by atoms with Crippen LogP contribution >= 0.6 is 11.3 Å². The van der Waals surface area contributed by atoms with Gasteiger partial charge >= 0.3 is 5.97 Å². The second kappa shape index (κ2) is 7.00. The summed E-state index contributed by atoms with van der Waals surface area (Å²) in [7, 11) is 0. The van der Waals surface area contributed by atoms with Gasteiger partial charge in [-0.1, -0.05) is 6.92 Å². The molecule has 2 rings (SSSR count). The van der Waals surface area contributed by atoms with Crippen LogP contribution in [-0.4, -0.2) is 54.9 Å². The SMILES string of the molecule is CCN1CCOC(CNCc2ccsc2C(=O)O)C1. The number of rotatable bonds is 6. The minimum absolute atomic E-state index is 0.195. The Balaban J connectivity index is 1.77. The van der Waals surface area contributed by atoms with Gasteiger partial charge in [-0.3, -0.25) is 4.90 Å². The lowest BCUT2D eigenvalue weighted by Crippen LogP contribution is -2.46. The molecule has 0 amide bonds. The highest BCUT2D eigenvalue weighted by molar-refractivity contribution is 7.12. The first-order valence-corrected chi connectivity index (χ1v) is 7.43. The number of likely N-dealkylation sites (N-methyl/N-ethyl adjacent to an activating group) is 1. The van der Waals surface area contributed by atoms with Crippen molar-refractivity contribution >= 4 is 17.3 Å². The Labute approximate surface area is 117 Å². The van der Waals surface area contributed by atoms with Crippen LogP contribution < -0.4 is 5.32 Å². The van der Waals surface area contributed by atoms with Crippen molar-refractivity contribution < 1.29 is 14.6 Å². The van der Waals surface area contributed by atoms with E-state index in [4.69, 9.17) is 9.84 Å². The molecular weight excluding hydrogens is 264 g/mol. The van der Waals surface area contributed by atoms with Gasteiger partial charge < -0.3 is 15.2 Å². The fraction of sp³-hybridized carbons (Fsp3) is 0.615. The number of carboxylic acid groups (broad SMARTS) is 1. The van der Waals surface area contributed by atoms with Gasteiger partial charge in [-0.25, -0.2) is 4.79 Å². The summed E-state index contributed by atoms with van der Waals surface area (Å²) in [6.07, 6.45) is 0.195. The molecule has 0 bridgehead atoms. The second-order valence-corrected chi connectivity index (χ2v) is 5.51. The number of nitrogens with one attached hydrogen (secondary N) is 1. The smallest absolute Gasteiger partial charge is 0.346 e. The van der Waals surface area contributed by atoms with Crippen LogP contribution in [0.4, 0.5) is 0 Å². The predicted octanol–water partition coefficient (Wildman–Crippen LogP) is 1.26. The molecule has 1 unspecified atom stereocenters. The molecule has 0 aliphatic carbocycles. The summed E-state index contributed by atoms with van der Waals surface area (Å²) in [6, 6.07) is 1.86. The zero-order chi connectivity index (χ0) is 13.7. The van der Waals surface area contributed by atoms with E-state index in [1.807, 2.05) is 11.4 Å². The van der Waals surface area contributed by atoms with Gasteiger partial charge in [0.1, 0.15) is 4.88 Å². The van der Waals surface area contributed by atoms with Crippen LogP contribution in [0.5, 0.6) is 0 Å². The average Bonchev–Trinajstić information content (AvgIpc) is 2.87. The molecule has 0 aromatic carbocycles. The Morgan fingerprint density at radius 3 is 3.26 bits per heavy atom. The third kappa shape index (κ3) is 4.01. The van der Waals surface area contributed by atoms with Crippen LogP contribution in [0.15, 0.2) is 11.4 Å². The third-order valence-corrected chi connectivity index (χ3v) is 4.24.